The van der Waals surface area contributed by atoms with Crippen LogP contribution >= 0.6 is 0 Å². The first-order valence-electron chi connectivity index (χ1n) is 0.632. The van der Waals surface area contributed by atoms with E-state index >= 15 is 0 Å². The molecular weight excluding hydrogens is 311 g/mol. The van der Waals surface area contributed by atoms with Crippen LogP contribution in [-0.2, 0) is 21.1 Å². The van der Waals surface area contributed by atoms with Gasteiger partial charge in [-0.2, -0.15) is 0 Å². The zero-order valence-electron chi connectivity index (χ0n) is 4.91. The summed E-state index contributed by atoms with van der Waals surface area (Å²) < 4.78 is 0. The van der Waals surface area contributed by atoms with Crippen LogP contribution in [0, 0.1) is 0 Å². The molecule has 64 valence electrons. The quantitative estimate of drug-likeness (QED) is 0.396. The second kappa shape index (κ2) is 46.0. The summed E-state index contributed by atoms with van der Waals surface area (Å²) in [5.41, 5.74) is 0. The third-order valence-electron chi connectivity index (χ3n) is 0. The van der Waals surface area contributed by atoms with Crippen molar-refractivity contribution in [3.05, 3.63) is 0 Å². The van der Waals surface area contributed by atoms with Gasteiger partial charge in [0.05, 0.1) is 0 Å². The molecule has 0 amide bonds. The van der Waals surface area contributed by atoms with Crippen LogP contribution in [0.2, 0.25) is 0 Å². The van der Waals surface area contributed by atoms with Crippen LogP contribution in [0.15, 0.2) is 0 Å². The van der Waals surface area contributed by atoms with Gasteiger partial charge in [-0.15, -0.1) is 0 Å². The minimum atomic E-state index is -2.08. The van der Waals surface area contributed by atoms with Crippen LogP contribution in [0.3, 0.4) is 0 Å². The van der Waals surface area contributed by atoms with E-state index in [1.807, 2.05) is 0 Å². The normalized spacial score (nSPS) is 2.67. The molecule has 0 radical (unpaired) electrons. The molecule has 0 aliphatic carbocycles. The monoisotopic (exact) mass is 324 g/mol. The minimum absolute atomic E-state index is 0. The van der Waals surface area contributed by atoms with Gasteiger partial charge in [-0.25, -0.2) is 0 Å². The fourth-order valence-electron chi connectivity index (χ4n) is 0. The molecule has 9 heavy (non-hydrogen) atoms. The molecule has 0 heterocycles. The standard InChI is InChI=1S/CH2O3.4H3N.Pt/c2-1(3)4;;;;;/h(H2,2,3,4);4*1H3;/q;;;;;+2/p-1. The van der Waals surface area contributed by atoms with E-state index in [0.29, 0.717) is 0 Å². The Morgan fingerprint density at radius 2 is 1.11 bits per heavy atom. The van der Waals surface area contributed by atoms with Crippen molar-refractivity contribution in [3.63, 3.8) is 0 Å². The second-order valence-electron chi connectivity index (χ2n) is 0.266. The van der Waals surface area contributed by atoms with Crippen LogP contribution in [0.5, 0.6) is 0 Å². The van der Waals surface area contributed by atoms with Gasteiger partial charge in [0.25, 0.3) is 0 Å². The summed E-state index contributed by atoms with van der Waals surface area (Å²) in [6.07, 6.45) is -2.08. The Hall–Kier alpha value is -0.202. The Balaban J connectivity index is -0.00000000450. The summed E-state index contributed by atoms with van der Waals surface area (Å²) in [6.45, 7) is 0. The predicted octanol–water partition coefficient (Wildman–Crippen LogP) is -0.467. The van der Waals surface area contributed by atoms with E-state index in [1.54, 1.807) is 0 Å². The van der Waals surface area contributed by atoms with Gasteiger partial charge in [-0.05, 0) is 0 Å². The van der Waals surface area contributed by atoms with E-state index in [-0.39, 0.29) is 45.7 Å². The fraction of sp³-hybridized carbons (Fsp3) is 0. The Morgan fingerprint density at radius 1 is 1.11 bits per heavy atom. The second-order valence-corrected chi connectivity index (χ2v) is 0.266. The van der Waals surface area contributed by atoms with E-state index in [1.165, 1.54) is 0 Å². The van der Waals surface area contributed by atoms with Crippen molar-refractivity contribution < 1.29 is 36.1 Å². The average molecular weight is 324 g/mol. The van der Waals surface area contributed by atoms with Gasteiger partial charge >= 0.3 is 21.1 Å². The number of hydrogen-bond donors (Lipinski definition) is 5. The summed E-state index contributed by atoms with van der Waals surface area (Å²) >= 11 is 0. The maximum absolute atomic E-state index is 8.44. The summed E-state index contributed by atoms with van der Waals surface area (Å²) in [5.74, 6) is 0. The molecule has 0 aliphatic rings. The summed E-state index contributed by atoms with van der Waals surface area (Å²) in [4.78, 5) is 8.44. The van der Waals surface area contributed by atoms with Gasteiger partial charge in [0.2, 0.25) is 6.16 Å². The Bertz CT molecular complexity index is 38.8. The number of hydrogen-bond acceptors (Lipinski definition) is 6. The third kappa shape index (κ3) is 6450. The number of carboxylic acid groups (broad SMARTS) is 2. The molecule has 0 aromatic rings. The maximum Gasteiger partial charge on any atom is 2.00 e. The summed E-state index contributed by atoms with van der Waals surface area (Å²) in [6, 6.07) is 0. The largest absolute Gasteiger partial charge is 2.00 e. The van der Waals surface area contributed by atoms with Gasteiger partial charge in [-0.1, -0.05) is 0 Å². The average Bonchev–Trinajstić information content (AvgIpc) is 0.811. The van der Waals surface area contributed by atoms with Crippen molar-refractivity contribution in [2.45, 2.75) is 0 Å². The Kier molecular flexibility index (Phi) is 349. The van der Waals surface area contributed by atoms with Crippen LogP contribution in [0.1, 0.15) is 0 Å². The van der Waals surface area contributed by atoms with Crippen molar-refractivity contribution >= 4 is 6.16 Å². The molecule has 0 aliphatic heterocycles. The molecule has 0 unspecified atom stereocenters. The summed E-state index contributed by atoms with van der Waals surface area (Å²) in [5, 5.41) is 15.3. The van der Waals surface area contributed by atoms with E-state index in [4.69, 9.17) is 15.0 Å². The molecule has 0 atom stereocenters. The molecule has 0 saturated heterocycles. The van der Waals surface area contributed by atoms with E-state index < -0.39 is 6.16 Å². The minimum Gasteiger partial charge on any atom is -0.565 e. The molecule has 0 saturated carbocycles. The van der Waals surface area contributed by atoms with E-state index in [2.05, 4.69) is 0 Å². The van der Waals surface area contributed by atoms with Gasteiger partial charge < -0.3 is 39.6 Å². The molecule has 0 aromatic carbocycles. The van der Waals surface area contributed by atoms with E-state index in [9.17, 15) is 0 Å². The molecule has 13 N–H and O–H groups in total. The maximum atomic E-state index is 8.44. The van der Waals surface area contributed by atoms with Crippen molar-refractivity contribution in [2.24, 2.45) is 0 Å². The first-order valence-corrected chi connectivity index (χ1v) is 0.632. The molecule has 0 rings (SSSR count). The van der Waals surface area contributed by atoms with Crippen LogP contribution in [0.4, 0.5) is 4.79 Å². The number of rotatable bonds is 0. The third-order valence-corrected chi connectivity index (χ3v) is 0. The summed E-state index contributed by atoms with van der Waals surface area (Å²) in [7, 11) is 0. The van der Waals surface area contributed by atoms with Crippen molar-refractivity contribution in [1.82, 2.24) is 24.6 Å². The SMILES string of the molecule is N.N.N.N.O=C([O-])O.[Pt+2]. The van der Waals surface area contributed by atoms with Gasteiger partial charge in [-0.3, -0.25) is 0 Å². The Labute approximate surface area is 67.4 Å². The zero-order chi connectivity index (χ0) is 3.58. The smallest absolute Gasteiger partial charge is 0.565 e. The fourth-order valence-corrected chi connectivity index (χ4v) is 0. The van der Waals surface area contributed by atoms with Gasteiger partial charge in [0, 0.05) is 0 Å². The first kappa shape index (κ1) is 68.3. The molecule has 0 bridgehead atoms. The number of carbonyl (C=O) groups is 1. The van der Waals surface area contributed by atoms with Crippen LogP contribution in [0.25, 0.3) is 0 Å². The molecular formula is CH13N4O3Pt+. The molecule has 0 aromatic heterocycles. The first-order chi connectivity index (χ1) is 1.73. The van der Waals surface area contributed by atoms with Crippen molar-refractivity contribution in [2.75, 3.05) is 0 Å². The molecule has 8 heteroatoms. The van der Waals surface area contributed by atoms with E-state index in [0.717, 1.165) is 0 Å². The topological polar surface area (TPSA) is 200 Å². The van der Waals surface area contributed by atoms with Crippen LogP contribution < -0.4 is 29.7 Å². The zero-order valence-corrected chi connectivity index (χ0v) is 7.18. The molecule has 7 nitrogen and oxygen atoms in total. The van der Waals surface area contributed by atoms with Crippen molar-refractivity contribution in [3.8, 4) is 0 Å². The Morgan fingerprint density at radius 3 is 1.11 bits per heavy atom. The van der Waals surface area contributed by atoms with Gasteiger partial charge in [0.1, 0.15) is 0 Å². The molecule has 0 fully saturated rings. The van der Waals surface area contributed by atoms with Crippen molar-refractivity contribution in [1.29, 1.82) is 0 Å². The predicted molar refractivity (Wildman–Crippen MR) is 28.1 cm³/mol. The van der Waals surface area contributed by atoms with Crippen LogP contribution in [-0.4, -0.2) is 11.3 Å². The van der Waals surface area contributed by atoms with Gasteiger partial charge in [0.15, 0.2) is 0 Å². The molecule has 0 spiro atoms.